The molecule has 1 aromatic heterocycles. The number of aromatic nitrogens is 2. The minimum absolute atomic E-state index is 0.241. The molecule has 0 bridgehead atoms. The summed E-state index contributed by atoms with van der Waals surface area (Å²) in [6.45, 7) is 5.04. The molecule has 0 amide bonds. The quantitative estimate of drug-likeness (QED) is 0.844. The highest BCUT2D eigenvalue weighted by Crippen LogP contribution is 2.39. The van der Waals surface area contributed by atoms with E-state index in [9.17, 15) is 0 Å². The molecule has 1 saturated carbocycles. The van der Waals surface area contributed by atoms with Gasteiger partial charge in [0, 0.05) is 38.2 Å². The molecule has 2 fully saturated rings. The van der Waals surface area contributed by atoms with E-state index in [1.54, 1.807) is 0 Å². The van der Waals surface area contributed by atoms with Crippen LogP contribution in [0.15, 0.2) is 10.7 Å². The van der Waals surface area contributed by atoms with Gasteiger partial charge in [-0.05, 0) is 41.7 Å². The highest BCUT2D eigenvalue weighted by Gasteiger charge is 2.28. The van der Waals surface area contributed by atoms with Gasteiger partial charge in [0.1, 0.15) is 16.2 Å². The second-order valence-electron chi connectivity index (χ2n) is 5.59. The maximum absolute atomic E-state index is 9.05. The maximum atomic E-state index is 9.05. The Bertz CT molecular complexity index is 466. The SMILES string of the molecule is OCCN1CCCN(c2cc(Br)nc(C3CC3)n2)CC1. The van der Waals surface area contributed by atoms with Crippen molar-refractivity contribution in [3.63, 3.8) is 0 Å². The van der Waals surface area contributed by atoms with Crippen LogP contribution in [0.25, 0.3) is 0 Å². The van der Waals surface area contributed by atoms with Gasteiger partial charge in [-0.15, -0.1) is 0 Å². The molecule has 1 aromatic rings. The summed E-state index contributed by atoms with van der Waals surface area (Å²) in [5.74, 6) is 2.61. The number of β-amino-alcohol motifs (C(OH)–C–C–N with tert-alkyl or cyclic N) is 1. The summed E-state index contributed by atoms with van der Waals surface area (Å²) in [5, 5.41) is 9.05. The van der Waals surface area contributed by atoms with Gasteiger partial charge in [0.25, 0.3) is 0 Å². The van der Waals surface area contributed by atoms with Crippen LogP contribution < -0.4 is 4.90 Å². The molecule has 2 heterocycles. The molecule has 1 aliphatic heterocycles. The van der Waals surface area contributed by atoms with Gasteiger partial charge in [-0.1, -0.05) is 0 Å². The van der Waals surface area contributed by atoms with Crippen molar-refractivity contribution in [2.45, 2.75) is 25.2 Å². The minimum atomic E-state index is 0.241. The number of aliphatic hydroxyl groups excluding tert-OH is 1. The lowest BCUT2D eigenvalue weighted by molar-refractivity contribution is 0.204. The van der Waals surface area contributed by atoms with Gasteiger partial charge in [0.2, 0.25) is 0 Å². The molecular weight excluding hydrogens is 320 g/mol. The van der Waals surface area contributed by atoms with Crippen LogP contribution in [0.4, 0.5) is 5.82 Å². The lowest BCUT2D eigenvalue weighted by Gasteiger charge is -2.23. The summed E-state index contributed by atoms with van der Waals surface area (Å²) in [5.41, 5.74) is 0. The van der Waals surface area contributed by atoms with E-state index in [0.717, 1.165) is 55.4 Å². The van der Waals surface area contributed by atoms with Crippen molar-refractivity contribution in [1.29, 1.82) is 0 Å². The van der Waals surface area contributed by atoms with E-state index < -0.39 is 0 Å². The molecule has 6 heteroatoms. The van der Waals surface area contributed by atoms with Crippen molar-refractivity contribution in [3.05, 3.63) is 16.5 Å². The van der Waals surface area contributed by atoms with E-state index in [1.165, 1.54) is 12.8 Å². The molecule has 0 unspecified atom stereocenters. The monoisotopic (exact) mass is 340 g/mol. The fourth-order valence-corrected chi connectivity index (χ4v) is 3.06. The molecule has 3 rings (SSSR count). The summed E-state index contributed by atoms with van der Waals surface area (Å²) in [6, 6.07) is 2.02. The number of rotatable bonds is 4. The Morgan fingerprint density at radius 2 is 2.05 bits per heavy atom. The Morgan fingerprint density at radius 1 is 1.20 bits per heavy atom. The predicted octanol–water partition coefficient (Wildman–Crippen LogP) is 1.62. The fraction of sp³-hybridized carbons (Fsp3) is 0.714. The standard InChI is InChI=1S/C14H21BrN4O/c15-12-10-13(17-14(16-12)11-2-3-11)19-5-1-4-18(6-7-19)8-9-20/h10-11,20H,1-9H2. The normalized spacial score (nSPS) is 21.0. The third kappa shape index (κ3) is 3.48. The number of nitrogens with zero attached hydrogens (tertiary/aromatic N) is 4. The molecule has 2 aliphatic rings. The van der Waals surface area contributed by atoms with Crippen LogP contribution in [0.2, 0.25) is 0 Å². The molecular formula is C14H21BrN4O. The first-order valence-electron chi connectivity index (χ1n) is 7.39. The van der Waals surface area contributed by atoms with Crippen LogP contribution in [0.5, 0.6) is 0 Å². The summed E-state index contributed by atoms with van der Waals surface area (Å²) in [6.07, 6.45) is 3.56. The lowest BCUT2D eigenvalue weighted by atomic mass is 10.3. The first kappa shape index (κ1) is 14.2. The molecule has 20 heavy (non-hydrogen) atoms. The second-order valence-corrected chi connectivity index (χ2v) is 6.40. The maximum Gasteiger partial charge on any atom is 0.135 e. The summed E-state index contributed by atoms with van der Waals surface area (Å²) < 4.78 is 0.890. The van der Waals surface area contributed by atoms with Crippen molar-refractivity contribution in [1.82, 2.24) is 14.9 Å². The van der Waals surface area contributed by atoms with Crippen LogP contribution >= 0.6 is 15.9 Å². The van der Waals surface area contributed by atoms with Crippen LogP contribution in [0.3, 0.4) is 0 Å². The third-order valence-electron chi connectivity index (χ3n) is 3.97. The van der Waals surface area contributed by atoms with Gasteiger partial charge in [-0.25, -0.2) is 9.97 Å². The fourth-order valence-electron chi connectivity index (χ4n) is 2.67. The van der Waals surface area contributed by atoms with Gasteiger partial charge in [0.05, 0.1) is 6.61 Å². The van der Waals surface area contributed by atoms with Crippen molar-refractivity contribution in [2.75, 3.05) is 44.2 Å². The van der Waals surface area contributed by atoms with E-state index in [2.05, 4.69) is 30.7 Å². The van der Waals surface area contributed by atoms with Crippen LogP contribution in [0.1, 0.15) is 31.0 Å². The van der Waals surface area contributed by atoms with E-state index >= 15 is 0 Å². The molecule has 110 valence electrons. The average Bonchev–Trinajstić information content (AvgIpc) is 3.26. The van der Waals surface area contributed by atoms with Gasteiger partial charge in [-0.2, -0.15) is 0 Å². The van der Waals surface area contributed by atoms with Crippen molar-refractivity contribution < 1.29 is 5.11 Å². The van der Waals surface area contributed by atoms with E-state index in [-0.39, 0.29) is 6.61 Å². The largest absolute Gasteiger partial charge is 0.395 e. The lowest BCUT2D eigenvalue weighted by Crippen LogP contribution is -2.32. The zero-order valence-electron chi connectivity index (χ0n) is 11.6. The molecule has 1 aliphatic carbocycles. The number of hydrogen-bond acceptors (Lipinski definition) is 5. The zero-order chi connectivity index (χ0) is 13.9. The molecule has 1 saturated heterocycles. The van der Waals surface area contributed by atoms with Gasteiger partial charge >= 0.3 is 0 Å². The van der Waals surface area contributed by atoms with Crippen LogP contribution in [0, 0.1) is 0 Å². The Kier molecular flexibility index (Phi) is 4.53. The van der Waals surface area contributed by atoms with Gasteiger partial charge in [0.15, 0.2) is 0 Å². The molecule has 0 spiro atoms. The smallest absolute Gasteiger partial charge is 0.135 e. The number of anilines is 1. The molecule has 0 aromatic carbocycles. The van der Waals surface area contributed by atoms with Crippen molar-refractivity contribution in [3.8, 4) is 0 Å². The first-order chi connectivity index (χ1) is 9.76. The number of aliphatic hydroxyl groups is 1. The van der Waals surface area contributed by atoms with Crippen molar-refractivity contribution in [2.24, 2.45) is 0 Å². The zero-order valence-corrected chi connectivity index (χ0v) is 13.2. The molecule has 0 atom stereocenters. The third-order valence-corrected chi connectivity index (χ3v) is 4.38. The van der Waals surface area contributed by atoms with Crippen LogP contribution in [-0.4, -0.2) is 59.3 Å². The summed E-state index contributed by atoms with van der Waals surface area (Å²) in [7, 11) is 0. The number of halogens is 1. The van der Waals surface area contributed by atoms with Crippen molar-refractivity contribution >= 4 is 21.7 Å². The van der Waals surface area contributed by atoms with Crippen LogP contribution in [-0.2, 0) is 0 Å². The second kappa shape index (κ2) is 6.37. The molecule has 1 N–H and O–H groups in total. The van der Waals surface area contributed by atoms with E-state index in [0.29, 0.717) is 5.92 Å². The average molecular weight is 341 g/mol. The highest BCUT2D eigenvalue weighted by molar-refractivity contribution is 9.10. The Balaban J connectivity index is 1.71. The Labute approximate surface area is 128 Å². The molecule has 0 radical (unpaired) electrons. The highest BCUT2D eigenvalue weighted by atomic mass is 79.9. The van der Waals surface area contributed by atoms with Gasteiger partial charge < -0.3 is 10.0 Å². The summed E-state index contributed by atoms with van der Waals surface area (Å²) >= 11 is 3.51. The van der Waals surface area contributed by atoms with E-state index in [1.807, 2.05) is 6.07 Å². The topological polar surface area (TPSA) is 52.5 Å². The van der Waals surface area contributed by atoms with E-state index in [4.69, 9.17) is 10.1 Å². The first-order valence-corrected chi connectivity index (χ1v) is 8.18. The number of hydrogen-bond donors (Lipinski definition) is 1. The van der Waals surface area contributed by atoms with Gasteiger partial charge in [-0.3, -0.25) is 4.90 Å². The minimum Gasteiger partial charge on any atom is -0.395 e. The summed E-state index contributed by atoms with van der Waals surface area (Å²) in [4.78, 5) is 13.9. The molecule has 5 nitrogen and oxygen atoms in total. The Hall–Kier alpha value is -0.720. The predicted molar refractivity (Wildman–Crippen MR) is 82.1 cm³/mol. The Morgan fingerprint density at radius 3 is 2.80 bits per heavy atom.